The lowest BCUT2D eigenvalue weighted by molar-refractivity contribution is 0.0876. The number of carbonyl (C=O) groups is 1. The summed E-state index contributed by atoms with van der Waals surface area (Å²) in [5.41, 5.74) is 3.11. The van der Waals surface area contributed by atoms with Crippen LogP contribution in [0.1, 0.15) is 30.1 Å². The van der Waals surface area contributed by atoms with Gasteiger partial charge < -0.3 is 14.6 Å². The molecule has 4 aromatic rings. The van der Waals surface area contributed by atoms with Crippen molar-refractivity contribution in [1.82, 2.24) is 29.6 Å². The number of hydrogen-bond donors (Lipinski definition) is 1. The highest BCUT2D eigenvalue weighted by molar-refractivity contribution is 6.76. The number of carbonyl (C=O) groups excluding carboxylic acids is 1. The number of aromatic nitrogens is 5. The third-order valence-electron chi connectivity index (χ3n) is 7.52. The molecule has 1 atom stereocenters. The molecular weight excluding hydrogens is 513 g/mol. The quantitative estimate of drug-likeness (QED) is 0.230. The zero-order valence-electron chi connectivity index (χ0n) is 23.0. The molecule has 1 N–H and O–H groups in total. The molecule has 1 aromatic carbocycles. The fraction of sp³-hybridized carbons (Fsp3) is 0.464. The molecule has 3 aromatic heterocycles. The highest BCUT2D eigenvalue weighted by Gasteiger charge is 2.34. The molecule has 5 rings (SSSR count). The average Bonchev–Trinajstić information content (AvgIpc) is 3.37. The van der Waals surface area contributed by atoms with E-state index in [1.807, 2.05) is 11.5 Å². The molecule has 11 heteroatoms. The molecule has 0 saturated heterocycles. The Hall–Kier alpha value is -3.62. The Morgan fingerprint density at radius 3 is 2.82 bits per heavy atom. The van der Waals surface area contributed by atoms with Crippen molar-refractivity contribution in [1.29, 1.82) is 5.26 Å². The molecule has 39 heavy (non-hydrogen) atoms. The molecule has 204 valence electrons. The maximum Gasteiger partial charge on any atom is 0.255 e. The van der Waals surface area contributed by atoms with Gasteiger partial charge >= 0.3 is 0 Å². The monoisotopic (exact) mass is 547 g/mol. The molecule has 0 bridgehead atoms. The van der Waals surface area contributed by atoms with E-state index in [-0.39, 0.29) is 36.3 Å². The molecule has 9 nitrogen and oxygen atoms in total. The summed E-state index contributed by atoms with van der Waals surface area (Å²) in [6.07, 6.45) is 4.96. The van der Waals surface area contributed by atoms with Gasteiger partial charge in [-0.15, -0.1) is 0 Å². The van der Waals surface area contributed by atoms with Gasteiger partial charge in [-0.05, 0) is 49.9 Å². The van der Waals surface area contributed by atoms with E-state index in [2.05, 4.69) is 41.1 Å². The Morgan fingerprint density at radius 1 is 1.33 bits per heavy atom. The number of amides is 1. The fourth-order valence-electron chi connectivity index (χ4n) is 4.97. The van der Waals surface area contributed by atoms with Gasteiger partial charge in [-0.3, -0.25) is 9.48 Å². The largest absolute Gasteiger partial charge is 0.361 e. The Labute approximate surface area is 228 Å². The highest BCUT2D eigenvalue weighted by atomic mass is 28.3. The lowest BCUT2D eigenvalue weighted by Crippen LogP contribution is -2.43. The average molecular weight is 548 g/mol. The van der Waals surface area contributed by atoms with E-state index in [1.165, 1.54) is 12.1 Å². The Bertz CT molecular complexity index is 1580. The van der Waals surface area contributed by atoms with Gasteiger partial charge in [0.15, 0.2) is 5.65 Å². The van der Waals surface area contributed by atoms with E-state index in [0.717, 1.165) is 24.3 Å². The number of halogens is 1. The van der Waals surface area contributed by atoms with Crippen LogP contribution >= 0.6 is 0 Å². The van der Waals surface area contributed by atoms with Crippen molar-refractivity contribution in [2.75, 3.05) is 6.61 Å². The van der Waals surface area contributed by atoms with E-state index in [9.17, 15) is 9.18 Å². The molecule has 0 radical (unpaired) electrons. The highest BCUT2D eigenvalue weighted by Crippen LogP contribution is 2.35. The van der Waals surface area contributed by atoms with Crippen LogP contribution in [0.25, 0.3) is 33.5 Å². The van der Waals surface area contributed by atoms with Crippen molar-refractivity contribution in [3.63, 3.8) is 0 Å². The normalized spacial score (nSPS) is 18.2. The van der Waals surface area contributed by atoms with Crippen molar-refractivity contribution in [3.05, 3.63) is 42.0 Å². The molecule has 0 aliphatic heterocycles. The van der Waals surface area contributed by atoms with Crippen molar-refractivity contribution in [2.45, 2.75) is 58.2 Å². The van der Waals surface area contributed by atoms with Crippen LogP contribution in [-0.2, 0) is 18.5 Å². The number of fused-ring (bicyclic) bond motifs is 2. The van der Waals surface area contributed by atoms with Gasteiger partial charge in [-0.2, -0.15) is 10.4 Å². The zero-order chi connectivity index (χ0) is 27.9. The smallest absolute Gasteiger partial charge is 0.255 e. The second-order valence-corrected chi connectivity index (χ2v) is 17.4. The second kappa shape index (κ2) is 10.5. The van der Waals surface area contributed by atoms with Gasteiger partial charge in [0.2, 0.25) is 0 Å². The predicted octanol–water partition coefficient (Wildman–Crippen LogP) is 5.10. The van der Waals surface area contributed by atoms with E-state index in [0.29, 0.717) is 40.2 Å². The van der Waals surface area contributed by atoms with Crippen LogP contribution in [0.15, 0.2) is 30.6 Å². The summed E-state index contributed by atoms with van der Waals surface area (Å²) < 4.78 is 23.3. The van der Waals surface area contributed by atoms with Gasteiger partial charge in [0.25, 0.3) is 5.91 Å². The van der Waals surface area contributed by atoms with E-state index in [1.54, 1.807) is 30.2 Å². The maximum absolute atomic E-state index is 13.9. The molecule has 0 spiro atoms. The Morgan fingerprint density at radius 2 is 2.10 bits per heavy atom. The number of nitrogens with zero attached hydrogens (tertiary/aromatic N) is 6. The van der Waals surface area contributed by atoms with Crippen LogP contribution in [0.3, 0.4) is 0 Å². The van der Waals surface area contributed by atoms with Crippen molar-refractivity contribution < 1.29 is 13.9 Å². The first kappa shape index (κ1) is 27.0. The minimum absolute atomic E-state index is 0.0691. The van der Waals surface area contributed by atoms with E-state index in [4.69, 9.17) is 15.0 Å². The lowest BCUT2D eigenvalue weighted by atomic mass is 9.72. The van der Waals surface area contributed by atoms with E-state index >= 15 is 0 Å². The second-order valence-electron chi connectivity index (χ2n) is 11.7. The molecule has 1 aliphatic carbocycles. The first-order valence-corrected chi connectivity index (χ1v) is 17.0. The Kier molecular flexibility index (Phi) is 7.26. The van der Waals surface area contributed by atoms with Crippen LogP contribution in [0.2, 0.25) is 25.7 Å². The lowest BCUT2D eigenvalue weighted by Gasteiger charge is -2.35. The molecule has 3 heterocycles. The van der Waals surface area contributed by atoms with Gasteiger partial charge in [0.1, 0.15) is 29.5 Å². The van der Waals surface area contributed by atoms with E-state index < -0.39 is 8.07 Å². The van der Waals surface area contributed by atoms with Crippen LogP contribution in [0, 0.1) is 29.0 Å². The minimum atomic E-state index is -1.24. The topological polar surface area (TPSA) is 111 Å². The first-order chi connectivity index (χ1) is 18.5. The third-order valence-corrected chi connectivity index (χ3v) is 9.22. The number of nitriles is 1. The summed E-state index contributed by atoms with van der Waals surface area (Å²) in [6.45, 7) is 9.77. The van der Waals surface area contributed by atoms with Gasteiger partial charge in [0.05, 0.1) is 23.3 Å². The number of benzene rings is 1. The summed E-state index contributed by atoms with van der Waals surface area (Å²) in [5.74, 6) is -0.239. The molecule has 1 saturated carbocycles. The summed E-state index contributed by atoms with van der Waals surface area (Å²) in [6, 6.07) is 7.77. The number of hydrogen-bond acceptors (Lipinski definition) is 6. The summed E-state index contributed by atoms with van der Waals surface area (Å²) in [5, 5.41) is 17.5. The van der Waals surface area contributed by atoms with Crippen LogP contribution < -0.4 is 5.32 Å². The van der Waals surface area contributed by atoms with Gasteiger partial charge in [-0.25, -0.2) is 14.4 Å². The van der Waals surface area contributed by atoms with Crippen molar-refractivity contribution in [2.24, 2.45) is 18.9 Å². The first-order valence-electron chi connectivity index (χ1n) is 13.3. The summed E-state index contributed by atoms with van der Waals surface area (Å²) >= 11 is 0. The number of rotatable bonds is 9. The zero-order valence-corrected chi connectivity index (χ0v) is 24.0. The van der Waals surface area contributed by atoms with Crippen LogP contribution in [-0.4, -0.2) is 50.9 Å². The molecule has 1 unspecified atom stereocenters. The minimum Gasteiger partial charge on any atom is -0.361 e. The van der Waals surface area contributed by atoms with Crippen molar-refractivity contribution >= 4 is 36.0 Å². The Balaban J connectivity index is 1.48. The molecule has 1 amide bonds. The van der Waals surface area contributed by atoms with Gasteiger partial charge in [0, 0.05) is 45.3 Å². The van der Waals surface area contributed by atoms with Crippen LogP contribution in [0.4, 0.5) is 4.39 Å². The fourth-order valence-corrected chi connectivity index (χ4v) is 5.73. The predicted molar refractivity (Wildman–Crippen MR) is 150 cm³/mol. The number of ether oxygens (including phenoxy) is 1. The molecule has 1 aliphatic rings. The third kappa shape index (κ3) is 5.58. The van der Waals surface area contributed by atoms with Gasteiger partial charge in [-0.1, -0.05) is 19.6 Å². The standard InChI is InChI=1S/C28H34FN7O2Si/c1-17(19-10-18(11-19)13-30)32-28(37)22-15-36(16-38-8-9-39(3,4)5)27-26(22)33-23(14-31-27)25-21-7-6-20(29)12-24(21)35(2)34-25/h6-7,12,14-15,17-19H,8-11,16H2,1-5H3,(H,32,37)/t17?,18-,19-. The summed E-state index contributed by atoms with van der Waals surface area (Å²) in [4.78, 5) is 23.0. The number of aryl methyl sites for hydroxylation is 1. The SMILES string of the molecule is CC(NC(=O)c1cn(COCC[Si](C)(C)C)c2ncc(-c3nn(C)c4cc(F)ccc34)nc12)[C@H]1C[C@H](C#N)C1. The van der Waals surface area contributed by atoms with Crippen LogP contribution in [0.5, 0.6) is 0 Å². The maximum atomic E-state index is 13.9. The number of nitrogens with one attached hydrogen (secondary N) is 1. The molecule has 1 fully saturated rings. The molecular formula is C28H34FN7O2Si. The van der Waals surface area contributed by atoms with Crippen molar-refractivity contribution in [3.8, 4) is 17.5 Å². The summed E-state index contributed by atoms with van der Waals surface area (Å²) in [7, 11) is 0.508.